The molecule has 1 aromatic rings. The van der Waals surface area contributed by atoms with Crippen LogP contribution in [0.5, 0.6) is 5.75 Å². The lowest BCUT2D eigenvalue weighted by atomic mass is 9.70. The van der Waals surface area contributed by atoms with Crippen LogP contribution in [-0.2, 0) is 4.74 Å². The molecule has 2 unspecified atom stereocenters. The zero-order valence-corrected chi connectivity index (χ0v) is 17.9. The molecule has 0 bridgehead atoms. The number of rotatable bonds is 8. The average Bonchev–Trinajstić information content (AvgIpc) is 2.59. The van der Waals surface area contributed by atoms with E-state index in [-0.39, 0.29) is 11.7 Å². The van der Waals surface area contributed by atoms with Gasteiger partial charge in [-0.25, -0.2) is 0 Å². The van der Waals surface area contributed by atoms with Crippen LogP contribution in [0.15, 0.2) is 24.3 Å². The Kier molecular flexibility index (Phi) is 8.01. The summed E-state index contributed by atoms with van der Waals surface area (Å²) in [5, 5.41) is 0. The Bertz CT molecular complexity index is 506. The predicted octanol–water partition coefficient (Wildman–Crippen LogP) is 7.18. The van der Waals surface area contributed by atoms with Gasteiger partial charge in [-0.2, -0.15) is 0 Å². The van der Waals surface area contributed by atoms with Gasteiger partial charge in [0.05, 0.1) is 6.61 Å². The van der Waals surface area contributed by atoms with Crippen molar-refractivity contribution in [2.24, 2.45) is 17.3 Å². The van der Waals surface area contributed by atoms with Gasteiger partial charge in [0.25, 0.3) is 0 Å². The van der Waals surface area contributed by atoms with E-state index >= 15 is 0 Å². The second-order valence-corrected chi connectivity index (χ2v) is 9.45. The average molecular weight is 361 g/mol. The van der Waals surface area contributed by atoms with E-state index in [1.54, 1.807) is 0 Å². The first-order valence-electron chi connectivity index (χ1n) is 10.7. The van der Waals surface area contributed by atoms with Crippen molar-refractivity contribution in [1.82, 2.24) is 0 Å². The van der Waals surface area contributed by atoms with Gasteiger partial charge in [0.15, 0.2) is 6.29 Å². The van der Waals surface area contributed by atoms with E-state index in [4.69, 9.17) is 9.47 Å². The number of ether oxygens (including phenoxy) is 2. The van der Waals surface area contributed by atoms with Gasteiger partial charge in [-0.1, -0.05) is 72.9 Å². The topological polar surface area (TPSA) is 18.5 Å². The first-order chi connectivity index (χ1) is 12.3. The maximum Gasteiger partial charge on any atom is 0.199 e. The molecule has 1 aromatic carbocycles. The zero-order chi connectivity index (χ0) is 19.2. The minimum absolute atomic E-state index is 0.133. The molecule has 2 heteroatoms. The van der Waals surface area contributed by atoms with Crippen LogP contribution < -0.4 is 4.74 Å². The van der Waals surface area contributed by atoms with Crippen molar-refractivity contribution >= 4 is 0 Å². The van der Waals surface area contributed by atoms with Gasteiger partial charge in [0.2, 0.25) is 0 Å². The Labute approximate surface area is 161 Å². The third-order valence-electron chi connectivity index (χ3n) is 5.68. The summed E-state index contributed by atoms with van der Waals surface area (Å²) in [4.78, 5) is 0. The molecule has 0 radical (unpaired) electrons. The van der Waals surface area contributed by atoms with Crippen molar-refractivity contribution in [2.45, 2.75) is 92.3 Å². The summed E-state index contributed by atoms with van der Waals surface area (Å²) in [7, 11) is 0. The summed E-state index contributed by atoms with van der Waals surface area (Å²) in [6.07, 6.45) is 7.48. The third kappa shape index (κ3) is 6.30. The molecule has 0 spiro atoms. The van der Waals surface area contributed by atoms with Gasteiger partial charge >= 0.3 is 0 Å². The molecule has 26 heavy (non-hydrogen) atoms. The molecule has 1 aliphatic rings. The lowest BCUT2D eigenvalue weighted by Gasteiger charge is -2.34. The Hall–Kier alpha value is -1.02. The van der Waals surface area contributed by atoms with Crippen LogP contribution in [-0.4, -0.2) is 12.9 Å². The van der Waals surface area contributed by atoms with E-state index in [1.165, 1.54) is 37.7 Å². The van der Waals surface area contributed by atoms with E-state index in [0.717, 1.165) is 24.7 Å². The summed E-state index contributed by atoms with van der Waals surface area (Å²) < 4.78 is 12.2. The van der Waals surface area contributed by atoms with Crippen molar-refractivity contribution in [3.63, 3.8) is 0 Å². The molecule has 0 amide bonds. The molecule has 2 rings (SSSR count). The van der Waals surface area contributed by atoms with E-state index in [0.29, 0.717) is 11.8 Å². The van der Waals surface area contributed by atoms with Crippen molar-refractivity contribution in [3.05, 3.63) is 29.8 Å². The number of hydrogen-bond donors (Lipinski definition) is 0. The molecule has 0 N–H and O–H groups in total. The maximum absolute atomic E-state index is 6.11. The second kappa shape index (κ2) is 9.78. The highest BCUT2D eigenvalue weighted by atomic mass is 16.7. The van der Waals surface area contributed by atoms with Crippen LogP contribution >= 0.6 is 0 Å². The van der Waals surface area contributed by atoms with Crippen LogP contribution in [0.25, 0.3) is 0 Å². The molecule has 2 nitrogen and oxygen atoms in total. The van der Waals surface area contributed by atoms with Crippen LogP contribution in [0.4, 0.5) is 0 Å². The summed E-state index contributed by atoms with van der Waals surface area (Å²) in [6.45, 7) is 14.6. The van der Waals surface area contributed by atoms with Gasteiger partial charge in [-0.15, -0.1) is 0 Å². The highest BCUT2D eigenvalue weighted by molar-refractivity contribution is 5.30. The number of hydrogen-bond acceptors (Lipinski definition) is 2. The summed E-state index contributed by atoms with van der Waals surface area (Å²) >= 11 is 0. The normalized spacial score (nSPS) is 18.7. The fourth-order valence-corrected chi connectivity index (χ4v) is 4.62. The largest absolute Gasteiger partial charge is 0.465 e. The van der Waals surface area contributed by atoms with Crippen LogP contribution in [0.3, 0.4) is 0 Å². The molecule has 0 aliphatic heterocycles. The third-order valence-corrected chi connectivity index (χ3v) is 5.68. The van der Waals surface area contributed by atoms with Crippen molar-refractivity contribution < 1.29 is 9.47 Å². The second-order valence-electron chi connectivity index (χ2n) is 9.45. The summed E-state index contributed by atoms with van der Waals surface area (Å²) in [5.41, 5.74) is 1.65. The first-order valence-corrected chi connectivity index (χ1v) is 10.7. The quantitative estimate of drug-likeness (QED) is 0.457. The lowest BCUT2D eigenvalue weighted by molar-refractivity contribution is -0.0957. The van der Waals surface area contributed by atoms with Gasteiger partial charge in [0.1, 0.15) is 5.75 Å². The van der Waals surface area contributed by atoms with Crippen molar-refractivity contribution in [2.75, 3.05) is 6.61 Å². The molecule has 1 aliphatic carbocycles. The number of benzene rings is 1. The van der Waals surface area contributed by atoms with Gasteiger partial charge in [-0.3, -0.25) is 0 Å². The van der Waals surface area contributed by atoms with E-state index in [2.05, 4.69) is 65.8 Å². The molecule has 148 valence electrons. The molecule has 0 aromatic heterocycles. The van der Waals surface area contributed by atoms with Crippen molar-refractivity contribution in [3.8, 4) is 5.75 Å². The van der Waals surface area contributed by atoms with Gasteiger partial charge in [-0.05, 0) is 53.7 Å². The summed E-state index contributed by atoms with van der Waals surface area (Å²) in [6, 6.07) is 8.70. The molecule has 1 fully saturated rings. The fourth-order valence-electron chi connectivity index (χ4n) is 4.62. The smallest absolute Gasteiger partial charge is 0.199 e. The van der Waals surface area contributed by atoms with Gasteiger partial charge < -0.3 is 9.47 Å². The highest BCUT2D eigenvalue weighted by Crippen LogP contribution is 2.41. The Morgan fingerprint density at radius 2 is 1.62 bits per heavy atom. The standard InChI is InChI=1S/C24H40O2/c1-7-22(25-17-19-11-9-8-10-12-19)26-21-15-13-20(14-16-21)23(18(2)3)24(4,5)6/h13-16,18-19,22-23H,7-12,17H2,1-6H3. The molecular formula is C24H40O2. The lowest BCUT2D eigenvalue weighted by Crippen LogP contribution is -2.24. The summed E-state index contributed by atoms with van der Waals surface area (Å²) in [5.74, 6) is 2.80. The monoisotopic (exact) mass is 360 g/mol. The van der Waals surface area contributed by atoms with E-state index in [1.807, 2.05) is 0 Å². The first kappa shape index (κ1) is 21.3. The predicted molar refractivity (Wildman–Crippen MR) is 111 cm³/mol. The highest BCUT2D eigenvalue weighted by Gasteiger charge is 2.29. The van der Waals surface area contributed by atoms with Crippen LogP contribution in [0.2, 0.25) is 0 Å². The Morgan fingerprint density at radius 3 is 2.12 bits per heavy atom. The maximum atomic E-state index is 6.11. The molecule has 0 heterocycles. The van der Waals surface area contributed by atoms with Gasteiger partial charge in [0, 0.05) is 6.42 Å². The molecule has 0 saturated heterocycles. The van der Waals surface area contributed by atoms with E-state index < -0.39 is 0 Å². The van der Waals surface area contributed by atoms with Crippen LogP contribution in [0.1, 0.15) is 91.5 Å². The Balaban J connectivity index is 1.93. The molecule has 2 atom stereocenters. The SMILES string of the molecule is CCC(OCC1CCCCC1)Oc1ccc(C(C(C)C)C(C)(C)C)cc1. The Morgan fingerprint density at radius 1 is 1.00 bits per heavy atom. The minimum atomic E-state index is -0.133. The van der Waals surface area contributed by atoms with Crippen molar-refractivity contribution in [1.29, 1.82) is 0 Å². The zero-order valence-electron chi connectivity index (χ0n) is 17.9. The minimum Gasteiger partial charge on any atom is -0.465 e. The molecule has 1 saturated carbocycles. The van der Waals surface area contributed by atoms with E-state index in [9.17, 15) is 0 Å². The fraction of sp³-hybridized carbons (Fsp3) is 0.750. The molecular weight excluding hydrogens is 320 g/mol. The van der Waals surface area contributed by atoms with Crippen LogP contribution in [0, 0.1) is 17.3 Å².